The summed E-state index contributed by atoms with van der Waals surface area (Å²) in [4.78, 5) is 2.60. The van der Waals surface area contributed by atoms with Crippen LogP contribution in [0, 0.1) is 5.41 Å². The first-order chi connectivity index (χ1) is 10.1. The van der Waals surface area contributed by atoms with E-state index in [1.54, 1.807) is 5.56 Å². The molecule has 2 nitrogen and oxygen atoms in total. The van der Waals surface area contributed by atoms with Crippen molar-refractivity contribution in [1.82, 2.24) is 4.90 Å². The van der Waals surface area contributed by atoms with Crippen LogP contribution in [-0.2, 0) is 11.8 Å². The summed E-state index contributed by atoms with van der Waals surface area (Å²) in [5.74, 6) is 1.15. The first-order valence-corrected chi connectivity index (χ1v) is 8.25. The molecule has 0 amide bonds. The van der Waals surface area contributed by atoms with Crippen molar-refractivity contribution in [2.75, 3.05) is 13.6 Å². The SMILES string of the molecule is C=C1CC[C@@]2(C)C3Cc4cccc5c4[C@@]2(CCN3C)[C@H]1O5. The van der Waals surface area contributed by atoms with Gasteiger partial charge in [-0.25, -0.2) is 0 Å². The third-order valence-corrected chi connectivity index (χ3v) is 7.15. The lowest BCUT2D eigenvalue weighted by Gasteiger charge is -2.64. The van der Waals surface area contributed by atoms with E-state index in [1.807, 2.05) is 0 Å². The highest BCUT2D eigenvalue weighted by Crippen LogP contribution is 2.68. The molecule has 2 bridgehead atoms. The van der Waals surface area contributed by atoms with Crippen LogP contribution >= 0.6 is 0 Å². The second-order valence-corrected chi connectivity index (χ2v) is 7.79. The van der Waals surface area contributed by atoms with Gasteiger partial charge in [0.25, 0.3) is 0 Å². The van der Waals surface area contributed by atoms with Gasteiger partial charge in [0, 0.05) is 17.0 Å². The quantitative estimate of drug-likeness (QED) is 0.677. The number of likely N-dealkylation sites (tertiary alicyclic amines) is 1. The molecule has 21 heavy (non-hydrogen) atoms. The van der Waals surface area contributed by atoms with Gasteiger partial charge >= 0.3 is 0 Å². The second-order valence-electron chi connectivity index (χ2n) is 7.79. The Labute approximate surface area is 126 Å². The summed E-state index contributed by atoms with van der Waals surface area (Å²) in [5.41, 5.74) is 4.90. The van der Waals surface area contributed by atoms with Gasteiger partial charge < -0.3 is 9.64 Å². The normalized spacial score (nSPS) is 43.4. The largest absolute Gasteiger partial charge is 0.485 e. The Bertz CT molecular complexity index is 666. The minimum atomic E-state index is 0.184. The molecule has 1 aromatic carbocycles. The van der Waals surface area contributed by atoms with E-state index < -0.39 is 0 Å². The Morgan fingerprint density at radius 2 is 2.19 bits per heavy atom. The van der Waals surface area contributed by atoms with Gasteiger partial charge in [-0.15, -0.1) is 0 Å². The molecule has 2 heterocycles. The van der Waals surface area contributed by atoms with Crippen molar-refractivity contribution in [2.45, 2.75) is 50.2 Å². The summed E-state index contributed by atoms with van der Waals surface area (Å²) in [6.45, 7) is 8.09. The van der Waals surface area contributed by atoms with Crippen molar-refractivity contribution < 1.29 is 4.74 Å². The molecule has 2 aliphatic carbocycles. The highest BCUT2D eigenvalue weighted by molar-refractivity contribution is 5.58. The van der Waals surface area contributed by atoms with Crippen molar-refractivity contribution in [3.63, 3.8) is 0 Å². The van der Waals surface area contributed by atoms with Crippen LogP contribution in [0.5, 0.6) is 5.75 Å². The fourth-order valence-electron chi connectivity index (χ4n) is 6.09. The van der Waals surface area contributed by atoms with Gasteiger partial charge in [-0.2, -0.15) is 0 Å². The van der Waals surface area contributed by atoms with Crippen LogP contribution in [0.15, 0.2) is 30.4 Å². The van der Waals surface area contributed by atoms with Crippen LogP contribution in [0.2, 0.25) is 0 Å². The molecule has 1 unspecified atom stereocenters. The summed E-state index contributed by atoms with van der Waals surface area (Å²) in [6.07, 6.45) is 4.99. The average Bonchev–Trinajstić information content (AvgIpc) is 2.81. The van der Waals surface area contributed by atoms with Crippen molar-refractivity contribution >= 4 is 0 Å². The lowest BCUT2D eigenvalue weighted by molar-refractivity contribution is -0.0897. The van der Waals surface area contributed by atoms with Gasteiger partial charge in [-0.1, -0.05) is 25.6 Å². The molecular weight excluding hydrogens is 258 g/mol. The standard InChI is InChI=1S/C19H23NO/c1-12-7-8-18(2)15-11-13-5-4-6-14-16(13)19(18,17(12)21-14)9-10-20(15)3/h4-6,15,17H,1,7-11H2,2-3H3/t15?,17-,18-,19-/m0/s1. The summed E-state index contributed by atoms with van der Waals surface area (Å²) >= 11 is 0. The molecule has 0 radical (unpaired) electrons. The van der Waals surface area contributed by atoms with Crippen LogP contribution in [0.4, 0.5) is 0 Å². The Morgan fingerprint density at radius 3 is 3.05 bits per heavy atom. The smallest absolute Gasteiger partial charge is 0.130 e. The molecular formula is C19H23NO. The fraction of sp³-hybridized carbons (Fsp3) is 0.579. The molecule has 2 heteroatoms. The number of piperidine rings is 1. The zero-order valence-corrected chi connectivity index (χ0v) is 13.0. The first kappa shape index (κ1) is 12.3. The maximum absolute atomic E-state index is 6.47. The number of nitrogens with zero attached hydrogens (tertiary/aromatic N) is 1. The van der Waals surface area contributed by atoms with Gasteiger partial charge in [-0.05, 0) is 61.9 Å². The van der Waals surface area contributed by atoms with Crippen molar-refractivity contribution in [3.05, 3.63) is 41.5 Å². The van der Waals surface area contributed by atoms with Gasteiger partial charge in [-0.3, -0.25) is 0 Å². The minimum absolute atomic E-state index is 0.184. The van der Waals surface area contributed by atoms with E-state index >= 15 is 0 Å². The molecule has 4 aliphatic rings. The lowest BCUT2D eigenvalue weighted by atomic mass is 9.44. The minimum Gasteiger partial charge on any atom is -0.485 e. The van der Waals surface area contributed by atoms with Crippen LogP contribution in [0.1, 0.15) is 37.3 Å². The highest BCUT2D eigenvalue weighted by atomic mass is 16.5. The summed E-state index contributed by atoms with van der Waals surface area (Å²) < 4.78 is 6.47. The number of hydrogen-bond donors (Lipinski definition) is 0. The zero-order valence-electron chi connectivity index (χ0n) is 13.0. The van der Waals surface area contributed by atoms with Crippen LogP contribution in [0.25, 0.3) is 0 Å². The van der Waals surface area contributed by atoms with E-state index in [1.165, 1.54) is 36.9 Å². The van der Waals surface area contributed by atoms with Gasteiger partial charge in [0.2, 0.25) is 0 Å². The molecule has 1 saturated carbocycles. The number of likely N-dealkylation sites (N-methyl/N-ethyl adjacent to an activating group) is 1. The molecule has 2 fully saturated rings. The first-order valence-electron chi connectivity index (χ1n) is 8.25. The molecule has 110 valence electrons. The van der Waals surface area contributed by atoms with Crippen molar-refractivity contribution in [2.24, 2.45) is 5.41 Å². The molecule has 0 aromatic heterocycles. The topological polar surface area (TPSA) is 12.5 Å². The Kier molecular flexibility index (Phi) is 2.07. The molecule has 4 atom stereocenters. The number of ether oxygens (including phenoxy) is 1. The van der Waals surface area contributed by atoms with Crippen molar-refractivity contribution in [3.8, 4) is 5.75 Å². The Hall–Kier alpha value is -1.28. The number of benzene rings is 1. The van der Waals surface area contributed by atoms with E-state index in [0.717, 1.165) is 12.2 Å². The second kappa shape index (κ2) is 3.55. The molecule has 1 spiro atoms. The molecule has 1 aromatic rings. The van der Waals surface area contributed by atoms with E-state index in [2.05, 4.69) is 43.6 Å². The van der Waals surface area contributed by atoms with Crippen LogP contribution in [-0.4, -0.2) is 30.6 Å². The maximum atomic E-state index is 6.47. The van der Waals surface area contributed by atoms with Gasteiger partial charge in [0.05, 0.1) is 0 Å². The third-order valence-electron chi connectivity index (χ3n) is 7.15. The molecule has 0 N–H and O–H groups in total. The van der Waals surface area contributed by atoms with E-state index in [9.17, 15) is 0 Å². The van der Waals surface area contributed by atoms with Crippen LogP contribution in [0.3, 0.4) is 0 Å². The Balaban J connectivity index is 1.87. The average molecular weight is 281 g/mol. The summed E-state index contributed by atoms with van der Waals surface area (Å²) in [6, 6.07) is 7.32. The third kappa shape index (κ3) is 1.14. The Morgan fingerprint density at radius 1 is 1.33 bits per heavy atom. The lowest BCUT2D eigenvalue weighted by Crippen LogP contribution is -2.69. The monoisotopic (exact) mass is 281 g/mol. The van der Waals surface area contributed by atoms with Gasteiger partial charge in [0.15, 0.2) is 0 Å². The molecule has 2 aliphatic heterocycles. The number of hydrogen-bond acceptors (Lipinski definition) is 2. The maximum Gasteiger partial charge on any atom is 0.130 e. The van der Waals surface area contributed by atoms with Gasteiger partial charge in [0.1, 0.15) is 11.9 Å². The highest BCUT2D eigenvalue weighted by Gasteiger charge is 2.69. The summed E-state index contributed by atoms with van der Waals surface area (Å²) in [5, 5.41) is 0. The number of rotatable bonds is 0. The van der Waals surface area contributed by atoms with Crippen molar-refractivity contribution in [1.29, 1.82) is 0 Å². The summed E-state index contributed by atoms with van der Waals surface area (Å²) in [7, 11) is 2.31. The molecule has 5 rings (SSSR count). The van der Waals surface area contributed by atoms with Crippen LogP contribution < -0.4 is 4.74 Å². The zero-order chi connectivity index (χ0) is 14.4. The fourth-order valence-corrected chi connectivity index (χ4v) is 6.09. The van der Waals surface area contributed by atoms with E-state index in [-0.39, 0.29) is 11.5 Å². The van der Waals surface area contributed by atoms with E-state index in [0.29, 0.717) is 11.5 Å². The van der Waals surface area contributed by atoms with E-state index in [4.69, 9.17) is 4.74 Å². The molecule has 1 saturated heterocycles. The predicted molar refractivity (Wildman–Crippen MR) is 83.8 cm³/mol. The predicted octanol–water partition coefficient (Wildman–Crippen LogP) is 3.30.